The molecule has 0 unspecified atom stereocenters. The van der Waals surface area contributed by atoms with Crippen molar-refractivity contribution in [2.45, 2.75) is 33.1 Å². The van der Waals surface area contributed by atoms with E-state index in [4.69, 9.17) is 4.99 Å². The Morgan fingerprint density at radius 3 is 2.55 bits per heavy atom. The van der Waals surface area contributed by atoms with E-state index in [0.29, 0.717) is 24.0 Å². The lowest BCUT2D eigenvalue weighted by molar-refractivity contribution is 0.0977. The molecule has 0 aliphatic heterocycles. The number of aryl methyl sites for hydroxylation is 1. The van der Waals surface area contributed by atoms with Crippen molar-refractivity contribution >= 4 is 28.5 Å². The molecule has 1 aromatic heterocycles. The van der Waals surface area contributed by atoms with Crippen LogP contribution in [0.2, 0.25) is 0 Å². The van der Waals surface area contributed by atoms with Gasteiger partial charge in [0.05, 0.1) is 0 Å². The highest BCUT2D eigenvalue weighted by molar-refractivity contribution is 6.10. The number of fused-ring (bicyclic) bond motifs is 1. The fourth-order valence-corrected chi connectivity index (χ4v) is 3.79. The van der Waals surface area contributed by atoms with Crippen molar-refractivity contribution in [3.63, 3.8) is 0 Å². The predicted octanol–water partition coefficient (Wildman–Crippen LogP) is 6.04. The van der Waals surface area contributed by atoms with Crippen LogP contribution in [0.4, 0.5) is 5.69 Å². The minimum Gasteiger partial charge on any atom is -0.361 e. The summed E-state index contributed by atoms with van der Waals surface area (Å²) in [6, 6.07) is 24.0. The number of nitrogens with one attached hydrogen (secondary N) is 3. The van der Waals surface area contributed by atoms with Crippen molar-refractivity contribution in [1.29, 1.82) is 0 Å². The van der Waals surface area contributed by atoms with Crippen LogP contribution in [0.25, 0.3) is 10.9 Å². The maximum atomic E-state index is 12.9. The van der Waals surface area contributed by atoms with Crippen molar-refractivity contribution in [3.05, 3.63) is 101 Å². The molecule has 1 heterocycles. The van der Waals surface area contributed by atoms with Crippen LogP contribution < -0.4 is 10.6 Å². The third kappa shape index (κ3) is 5.69. The largest absolute Gasteiger partial charge is 0.361 e. The number of anilines is 1. The fourth-order valence-electron chi connectivity index (χ4n) is 3.79. The molecule has 0 aliphatic rings. The van der Waals surface area contributed by atoms with E-state index in [1.54, 1.807) is 0 Å². The number of carbonyl (C=O) groups excluding carboxylic acids is 1. The minimum absolute atomic E-state index is 0.184. The number of aromatic amines is 1. The molecule has 0 saturated heterocycles. The molecular weight excluding hydrogens is 408 g/mol. The molecule has 0 atom stereocenters. The lowest BCUT2D eigenvalue weighted by Crippen LogP contribution is -2.36. The Labute approximate surface area is 195 Å². The van der Waals surface area contributed by atoms with Crippen molar-refractivity contribution in [1.82, 2.24) is 10.3 Å². The number of para-hydroxylation sites is 1. The number of carbonyl (C=O) groups is 1. The number of hydrogen-bond acceptors (Lipinski definition) is 2. The van der Waals surface area contributed by atoms with Crippen molar-refractivity contribution in [2.24, 2.45) is 4.99 Å². The summed E-state index contributed by atoms with van der Waals surface area (Å²) < 4.78 is 0. The number of amides is 1. The molecule has 4 aromatic rings. The highest BCUT2D eigenvalue weighted by atomic mass is 16.1. The van der Waals surface area contributed by atoms with Gasteiger partial charge in [-0.2, -0.15) is 0 Å². The second-order valence-electron chi connectivity index (χ2n) is 8.57. The zero-order valence-electron chi connectivity index (χ0n) is 19.4. The van der Waals surface area contributed by atoms with Gasteiger partial charge in [0.1, 0.15) is 0 Å². The average molecular weight is 439 g/mol. The second kappa shape index (κ2) is 10.2. The first-order valence-corrected chi connectivity index (χ1v) is 11.3. The van der Waals surface area contributed by atoms with Crippen LogP contribution in [-0.2, 0) is 6.42 Å². The summed E-state index contributed by atoms with van der Waals surface area (Å²) in [5, 5.41) is 7.45. The zero-order chi connectivity index (χ0) is 23.2. The van der Waals surface area contributed by atoms with E-state index < -0.39 is 0 Å². The second-order valence-corrected chi connectivity index (χ2v) is 8.57. The van der Waals surface area contributed by atoms with Gasteiger partial charge < -0.3 is 10.3 Å². The number of aromatic nitrogens is 1. The van der Waals surface area contributed by atoms with Crippen molar-refractivity contribution in [3.8, 4) is 0 Å². The summed E-state index contributed by atoms with van der Waals surface area (Å²) in [7, 11) is 0. The summed E-state index contributed by atoms with van der Waals surface area (Å²) in [6.45, 7) is 6.86. The van der Waals surface area contributed by atoms with E-state index in [1.165, 1.54) is 16.5 Å². The van der Waals surface area contributed by atoms with Gasteiger partial charge in [-0.25, -0.2) is 0 Å². The molecule has 0 saturated carbocycles. The SMILES string of the molecule is Cc1cccc(C(=O)NC(=NCCc2c[nH]c3ccccc23)Nc2ccc(C(C)C)cc2)c1. The molecule has 3 aromatic carbocycles. The van der Waals surface area contributed by atoms with E-state index in [-0.39, 0.29) is 5.91 Å². The molecule has 168 valence electrons. The summed E-state index contributed by atoms with van der Waals surface area (Å²) in [5.74, 6) is 0.721. The Balaban J connectivity index is 1.52. The lowest BCUT2D eigenvalue weighted by atomic mass is 10.0. The van der Waals surface area contributed by atoms with Crippen LogP contribution >= 0.6 is 0 Å². The van der Waals surface area contributed by atoms with Gasteiger partial charge in [0.25, 0.3) is 5.91 Å². The Hall–Kier alpha value is -3.86. The molecule has 5 heteroatoms. The van der Waals surface area contributed by atoms with Gasteiger partial charge >= 0.3 is 0 Å². The maximum absolute atomic E-state index is 12.9. The van der Waals surface area contributed by atoms with Crippen molar-refractivity contribution in [2.75, 3.05) is 11.9 Å². The van der Waals surface area contributed by atoms with Gasteiger partial charge in [-0.05, 0) is 60.7 Å². The molecule has 0 aliphatic carbocycles. The molecule has 1 amide bonds. The van der Waals surface area contributed by atoms with Gasteiger partial charge in [0, 0.05) is 34.9 Å². The highest BCUT2D eigenvalue weighted by Gasteiger charge is 2.10. The van der Waals surface area contributed by atoms with Crippen molar-refractivity contribution < 1.29 is 4.79 Å². The number of hydrogen-bond donors (Lipinski definition) is 3. The van der Waals surface area contributed by atoms with Gasteiger partial charge in [-0.3, -0.25) is 15.1 Å². The molecular formula is C28H30N4O. The number of guanidine groups is 1. The first kappa shape index (κ1) is 22.3. The molecule has 0 fully saturated rings. The smallest absolute Gasteiger partial charge is 0.257 e. The van der Waals surface area contributed by atoms with Gasteiger partial charge in [0.15, 0.2) is 0 Å². The van der Waals surface area contributed by atoms with E-state index in [9.17, 15) is 4.79 Å². The number of nitrogens with zero attached hydrogens (tertiary/aromatic N) is 1. The monoisotopic (exact) mass is 438 g/mol. The summed E-state index contributed by atoms with van der Waals surface area (Å²) in [4.78, 5) is 20.9. The molecule has 5 nitrogen and oxygen atoms in total. The summed E-state index contributed by atoms with van der Waals surface area (Å²) >= 11 is 0. The Bertz CT molecular complexity index is 1270. The predicted molar refractivity (Wildman–Crippen MR) is 137 cm³/mol. The third-order valence-electron chi connectivity index (χ3n) is 5.68. The van der Waals surface area contributed by atoms with Crippen LogP contribution in [0.15, 0.2) is 84.0 Å². The molecule has 0 radical (unpaired) electrons. The van der Waals surface area contributed by atoms with Crippen LogP contribution in [-0.4, -0.2) is 23.4 Å². The van der Waals surface area contributed by atoms with Crippen LogP contribution in [0, 0.1) is 6.92 Å². The topological polar surface area (TPSA) is 69.3 Å². The first-order valence-electron chi connectivity index (χ1n) is 11.3. The summed E-state index contributed by atoms with van der Waals surface area (Å²) in [6.07, 6.45) is 2.80. The van der Waals surface area contributed by atoms with E-state index >= 15 is 0 Å². The quantitative estimate of drug-likeness (QED) is 0.254. The summed E-state index contributed by atoms with van der Waals surface area (Å²) in [5.41, 5.74) is 6.12. The van der Waals surface area contributed by atoms with E-state index in [1.807, 2.05) is 61.7 Å². The Morgan fingerprint density at radius 2 is 1.79 bits per heavy atom. The van der Waals surface area contributed by atoms with Gasteiger partial charge in [-0.15, -0.1) is 0 Å². The first-order chi connectivity index (χ1) is 16.0. The molecule has 4 rings (SSSR count). The van der Waals surface area contributed by atoms with E-state index in [0.717, 1.165) is 23.2 Å². The maximum Gasteiger partial charge on any atom is 0.257 e. The number of H-pyrrole nitrogens is 1. The third-order valence-corrected chi connectivity index (χ3v) is 5.68. The molecule has 3 N–H and O–H groups in total. The minimum atomic E-state index is -0.184. The number of benzene rings is 3. The lowest BCUT2D eigenvalue weighted by Gasteiger charge is -2.13. The van der Waals surface area contributed by atoms with Gasteiger partial charge in [0.2, 0.25) is 5.96 Å². The zero-order valence-corrected chi connectivity index (χ0v) is 19.4. The number of rotatable bonds is 6. The Morgan fingerprint density at radius 1 is 1.00 bits per heavy atom. The van der Waals surface area contributed by atoms with Crippen LogP contribution in [0.5, 0.6) is 0 Å². The standard InChI is InChI=1S/C28H30N4O/c1-19(2)21-11-13-24(14-12-21)31-28(32-27(33)22-8-6-7-20(3)17-22)29-16-15-23-18-30-26-10-5-4-9-25(23)26/h4-14,17-19,30H,15-16H2,1-3H3,(H2,29,31,32,33). The van der Waals surface area contributed by atoms with Crippen LogP contribution in [0.3, 0.4) is 0 Å². The Kier molecular flexibility index (Phi) is 6.89. The average Bonchev–Trinajstić information content (AvgIpc) is 3.22. The van der Waals surface area contributed by atoms with Gasteiger partial charge in [-0.1, -0.05) is 61.9 Å². The van der Waals surface area contributed by atoms with E-state index in [2.05, 4.69) is 53.7 Å². The normalized spacial score (nSPS) is 11.7. The molecule has 0 bridgehead atoms. The number of aliphatic imine (C=N–C) groups is 1. The highest BCUT2D eigenvalue weighted by Crippen LogP contribution is 2.19. The molecule has 0 spiro atoms. The fraction of sp³-hybridized carbons (Fsp3) is 0.214. The van der Waals surface area contributed by atoms with Crippen LogP contribution in [0.1, 0.15) is 46.8 Å². The molecule has 33 heavy (non-hydrogen) atoms.